The van der Waals surface area contributed by atoms with E-state index in [1.807, 2.05) is 61.5 Å². The number of nitrogens with two attached hydrogens (primary N) is 1. The molecule has 0 aliphatic rings. The van der Waals surface area contributed by atoms with Crippen LogP contribution in [0.2, 0.25) is 0 Å². The molecule has 0 fully saturated rings. The van der Waals surface area contributed by atoms with E-state index in [2.05, 4.69) is 15.2 Å². The molecule has 0 spiro atoms. The average Bonchev–Trinajstić information content (AvgIpc) is 3.24. The maximum Gasteiger partial charge on any atom is 0.181 e. The van der Waals surface area contributed by atoms with Gasteiger partial charge in [0, 0.05) is 24.4 Å². The second-order valence-electron chi connectivity index (χ2n) is 7.72. The highest BCUT2D eigenvalue weighted by Crippen LogP contribution is 2.32. The number of anilines is 2. The summed E-state index contributed by atoms with van der Waals surface area (Å²) in [6, 6.07) is 19.0. The summed E-state index contributed by atoms with van der Waals surface area (Å²) < 4.78 is 31.7. The quantitative estimate of drug-likeness (QED) is 0.179. The van der Waals surface area contributed by atoms with E-state index in [-0.39, 0.29) is 17.8 Å². The van der Waals surface area contributed by atoms with E-state index in [0.717, 1.165) is 29.7 Å². The zero-order valence-electron chi connectivity index (χ0n) is 18.8. The number of nitrogens with zero attached hydrogens (tertiary/aromatic N) is 5. The smallest absolute Gasteiger partial charge is 0.181 e. The number of halogens is 2. The standard InChI is InChI=1S/C25H24F2N6O/c1-3-16-8-7-11-18(12-16)33(22-14-20(26)19(13-21(22)27)24(28)31-34)15-23-29-25(30-32(23)2)17-9-5-4-6-10-17/h4-14,34H,3,15H2,1-2H3,(H2,28,31). The topological polar surface area (TPSA) is 92.6 Å². The van der Waals surface area contributed by atoms with Crippen molar-refractivity contribution in [3.8, 4) is 11.4 Å². The fourth-order valence-corrected chi connectivity index (χ4v) is 3.66. The second kappa shape index (κ2) is 9.70. The molecule has 0 bridgehead atoms. The van der Waals surface area contributed by atoms with Crippen LogP contribution in [0, 0.1) is 11.6 Å². The fourth-order valence-electron chi connectivity index (χ4n) is 3.66. The van der Waals surface area contributed by atoms with Gasteiger partial charge in [-0.05, 0) is 30.2 Å². The summed E-state index contributed by atoms with van der Waals surface area (Å²) in [5.74, 6) is -0.958. The van der Waals surface area contributed by atoms with Gasteiger partial charge in [-0.2, -0.15) is 5.10 Å². The number of aromatic nitrogens is 3. The average molecular weight is 463 g/mol. The van der Waals surface area contributed by atoms with E-state index < -0.39 is 17.5 Å². The molecule has 3 N–H and O–H groups in total. The Hall–Kier alpha value is -4.27. The van der Waals surface area contributed by atoms with Crippen molar-refractivity contribution in [1.29, 1.82) is 0 Å². The highest BCUT2D eigenvalue weighted by molar-refractivity contribution is 5.97. The molecule has 0 unspecified atom stereocenters. The minimum absolute atomic E-state index is 0.00972. The first-order chi connectivity index (χ1) is 16.4. The van der Waals surface area contributed by atoms with Crippen LogP contribution >= 0.6 is 0 Å². The van der Waals surface area contributed by atoms with E-state index >= 15 is 4.39 Å². The lowest BCUT2D eigenvalue weighted by atomic mass is 10.1. The lowest BCUT2D eigenvalue weighted by Crippen LogP contribution is -2.22. The number of hydrogen-bond donors (Lipinski definition) is 2. The van der Waals surface area contributed by atoms with Crippen molar-refractivity contribution in [2.45, 2.75) is 19.9 Å². The van der Waals surface area contributed by atoms with Crippen LogP contribution in [0.4, 0.5) is 20.2 Å². The van der Waals surface area contributed by atoms with E-state index in [1.165, 1.54) is 0 Å². The van der Waals surface area contributed by atoms with Crippen molar-refractivity contribution in [3.63, 3.8) is 0 Å². The molecule has 0 atom stereocenters. The summed E-state index contributed by atoms with van der Waals surface area (Å²) in [5.41, 5.74) is 7.72. The van der Waals surface area contributed by atoms with Crippen molar-refractivity contribution in [2.75, 3.05) is 4.90 Å². The Balaban J connectivity index is 1.81. The minimum Gasteiger partial charge on any atom is -0.409 e. The van der Waals surface area contributed by atoms with Gasteiger partial charge in [0.2, 0.25) is 0 Å². The van der Waals surface area contributed by atoms with Gasteiger partial charge in [-0.3, -0.25) is 4.68 Å². The first kappa shape index (κ1) is 22.9. The molecule has 0 saturated carbocycles. The third-order valence-electron chi connectivity index (χ3n) is 5.53. The minimum atomic E-state index is -0.814. The molecule has 174 valence electrons. The van der Waals surface area contributed by atoms with Crippen LogP contribution in [0.3, 0.4) is 0 Å². The molecular formula is C25H24F2N6O. The molecule has 4 aromatic rings. The van der Waals surface area contributed by atoms with Crippen molar-refractivity contribution < 1.29 is 14.0 Å². The summed E-state index contributed by atoms with van der Waals surface area (Å²) >= 11 is 0. The van der Waals surface area contributed by atoms with Crippen LogP contribution in [0.1, 0.15) is 23.9 Å². The van der Waals surface area contributed by atoms with Crippen LogP contribution < -0.4 is 10.6 Å². The van der Waals surface area contributed by atoms with E-state index in [9.17, 15) is 4.39 Å². The molecule has 3 aromatic carbocycles. The van der Waals surface area contributed by atoms with Gasteiger partial charge < -0.3 is 15.8 Å². The second-order valence-corrected chi connectivity index (χ2v) is 7.72. The highest BCUT2D eigenvalue weighted by atomic mass is 19.1. The molecule has 7 nitrogen and oxygen atoms in total. The Morgan fingerprint density at radius 1 is 1.06 bits per heavy atom. The largest absolute Gasteiger partial charge is 0.409 e. The Labute approximate surface area is 195 Å². The first-order valence-corrected chi connectivity index (χ1v) is 10.7. The lowest BCUT2D eigenvalue weighted by molar-refractivity contribution is 0.318. The molecule has 1 aromatic heterocycles. The molecule has 0 radical (unpaired) electrons. The predicted octanol–water partition coefficient (Wildman–Crippen LogP) is 4.76. The van der Waals surface area contributed by atoms with E-state index in [0.29, 0.717) is 17.3 Å². The number of oxime groups is 1. The van der Waals surface area contributed by atoms with Crippen LogP contribution in [-0.4, -0.2) is 25.8 Å². The normalized spacial score (nSPS) is 11.6. The first-order valence-electron chi connectivity index (χ1n) is 10.7. The molecule has 0 saturated heterocycles. The Morgan fingerprint density at radius 3 is 2.53 bits per heavy atom. The maximum absolute atomic E-state index is 15.3. The number of aryl methyl sites for hydroxylation is 2. The molecule has 1 heterocycles. The van der Waals surface area contributed by atoms with Gasteiger partial charge in [-0.1, -0.05) is 54.5 Å². The SMILES string of the molecule is CCc1cccc(N(Cc2nc(-c3ccccc3)nn2C)c2cc(F)c(/C(N)=N/O)cc2F)c1. The molecular weight excluding hydrogens is 438 g/mol. The van der Waals surface area contributed by atoms with E-state index in [1.54, 1.807) is 16.6 Å². The van der Waals surface area contributed by atoms with Gasteiger partial charge in [0.25, 0.3) is 0 Å². The number of rotatable bonds is 7. The van der Waals surface area contributed by atoms with Gasteiger partial charge in [0.05, 0.1) is 17.8 Å². The van der Waals surface area contributed by atoms with Crippen LogP contribution in [0.5, 0.6) is 0 Å². The number of benzene rings is 3. The molecule has 34 heavy (non-hydrogen) atoms. The van der Waals surface area contributed by atoms with Gasteiger partial charge in [0.15, 0.2) is 11.7 Å². The molecule has 0 amide bonds. The lowest BCUT2D eigenvalue weighted by Gasteiger charge is -2.26. The third kappa shape index (κ3) is 4.59. The zero-order chi connectivity index (χ0) is 24.2. The van der Waals surface area contributed by atoms with Crippen molar-refractivity contribution >= 4 is 17.2 Å². The third-order valence-corrected chi connectivity index (χ3v) is 5.53. The van der Waals surface area contributed by atoms with Crippen molar-refractivity contribution in [1.82, 2.24) is 14.8 Å². The predicted molar refractivity (Wildman–Crippen MR) is 127 cm³/mol. The number of hydrogen-bond acceptors (Lipinski definition) is 5. The van der Waals surface area contributed by atoms with Gasteiger partial charge >= 0.3 is 0 Å². The fraction of sp³-hybridized carbons (Fsp3) is 0.160. The van der Waals surface area contributed by atoms with Gasteiger partial charge in [-0.25, -0.2) is 13.8 Å². The summed E-state index contributed by atoms with van der Waals surface area (Å²) in [5, 5.41) is 16.2. The Morgan fingerprint density at radius 2 is 1.82 bits per heavy atom. The summed E-state index contributed by atoms with van der Waals surface area (Å²) in [6.07, 6.45) is 0.781. The molecule has 9 heteroatoms. The van der Waals surface area contributed by atoms with Crippen LogP contribution in [0.15, 0.2) is 71.9 Å². The van der Waals surface area contributed by atoms with E-state index in [4.69, 9.17) is 10.9 Å². The monoisotopic (exact) mass is 462 g/mol. The van der Waals surface area contributed by atoms with Crippen LogP contribution in [-0.2, 0) is 20.0 Å². The summed E-state index contributed by atoms with van der Waals surface area (Å²) in [6.45, 7) is 2.15. The summed E-state index contributed by atoms with van der Waals surface area (Å²) in [7, 11) is 1.76. The Kier molecular flexibility index (Phi) is 6.53. The Bertz CT molecular complexity index is 1340. The summed E-state index contributed by atoms with van der Waals surface area (Å²) in [4.78, 5) is 6.28. The molecule has 0 aliphatic carbocycles. The highest BCUT2D eigenvalue weighted by Gasteiger charge is 2.22. The molecule has 0 aliphatic heterocycles. The van der Waals surface area contributed by atoms with Crippen LogP contribution in [0.25, 0.3) is 11.4 Å². The molecule has 4 rings (SSSR count). The van der Waals surface area contributed by atoms with Crippen molar-refractivity contribution in [3.05, 3.63) is 95.3 Å². The van der Waals surface area contributed by atoms with Crippen molar-refractivity contribution in [2.24, 2.45) is 17.9 Å². The number of amidine groups is 1. The zero-order valence-corrected chi connectivity index (χ0v) is 18.8. The van der Waals surface area contributed by atoms with Gasteiger partial charge in [-0.15, -0.1) is 0 Å². The van der Waals surface area contributed by atoms with Gasteiger partial charge in [0.1, 0.15) is 17.5 Å². The maximum atomic E-state index is 15.3.